The lowest BCUT2D eigenvalue weighted by Crippen LogP contribution is -2.33. The Morgan fingerprint density at radius 2 is 2.32 bits per heavy atom. The van der Waals surface area contributed by atoms with Crippen LogP contribution in [-0.4, -0.2) is 38.1 Å². The van der Waals surface area contributed by atoms with E-state index in [9.17, 15) is 0 Å². The van der Waals surface area contributed by atoms with Gasteiger partial charge in [0.05, 0.1) is 12.2 Å². The van der Waals surface area contributed by atoms with Crippen molar-refractivity contribution >= 4 is 0 Å². The van der Waals surface area contributed by atoms with Gasteiger partial charge in [-0.05, 0) is 25.9 Å². The highest BCUT2D eigenvalue weighted by Gasteiger charge is 2.27. The van der Waals surface area contributed by atoms with Crippen LogP contribution in [0.15, 0.2) is 23.1 Å². The van der Waals surface area contributed by atoms with E-state index in [0.29, 0.717) is 17.4 Å². The fourth-order valence-corrected chi connectivity index (χ4v) is 2.54. The zero-order valence-corrected chi connectivity index (χ0v) is 11.0. The Hall–Kier alpha value is -1.82. The first kappa shape index (κ1) is 12.2. The lowest BCUT2D eigenvalue weighted by Gasteiger charge is -2.32. The summed E-state index contributed by atoms with van der Waals surface area (Å²) < 4.78 is 5.42. The summed E-state index contributed by atoms with van der Waals surface area (Å²) in [6, 6.07) is 0.247. The van der Waals surface area contributed by atoms with E-state index in [1.807, 2.05) is 0 Å². The zero-order chi connectivity index (χ0) is 13.1. The summed E-state index contributed by atoms with van der Waals surface area (Å²) >= 11 is 0. The number of hydrogen-bond acceptors (Lipinski definition) is 6. The highest BCUT2D eigenvalue weighted by Crippen LogP contribution is 2.30. The van der Waals surface area contributed by atoms with Crippen molar-refractivity contribution in [2.24, 2.45) is 0 Å². The summed E-state index contributed by atoms with van der Waals surface area (Å²) in [5, 5.41) is 4.02. The molecule has 0 amide bonds. The second kappa shape index (κ2) is 5.44. The van der Waals surface area contributed by atoms with Gasteiger partial charge < -0.3 is 4.52 Å². The molecule has 0 spiro atoms. The summed E-state index contributed by atoms with van der Waals surface area (Å²) in [6.07, 6.45) is 8.44. The van der Waals surface area contributed by atoms with Gasteiger partial charge in [-0.25, -0.2) is 4.98 Å². The third-order valence-corrected chi connectivity index (χ3v) is 3.54. The van der Waals surface area contributed by atoms with E-state index in [2.05, 4.69) is 31.9 Å². The molecular formula is C13H17N5O. The van der Waals surface area contributed by atoms with Crippen LogP contribution in [0.3, 0.4) is 0 Å². The van der Waals surface area contributed by atoms with Gasteiger partial charge >= 0.3 is 0 Å². The van der Waals surface area contributed by atoms with Crippen molar-refractivity contribution in [3.05, 3.63) is 24.5 Å². The van der Waals surface area contributed by atoms with Crippen LogP contribution in [0.1, 0.15) is 38.1 Å². The van der Waals surface area contributed by atoms with Gasteiger partial charge in [-0.2, -0.15) is 4.98 Å². The van der Waals surface area contributed by atoms with Crippen molar-refractivity contribution in [1.82, 2.24) is 25.0 Å². The highest BCUT2D eigenvalue weighted by atomic mass is 16.5. The molecule has 0 bridgehead atoms. The molecule has 0 aliphatic carbocycles. The molecule has 1 fully saturated rings. The van der Waals surface area contributed by atoms with Gasteiger partial charge in [0, 0.05) is 12.4 Å². The van der Waals surface area contributed by atoms with Gasteiger partial charge in [-0.15, -0.1) is 0 Å². The monoisotopic (exact) mass is 259 g/mol. The maximum Gasteiger partial charge on any atom is 0.244 e. The molecule has 1 unspecified atom stereocenters. The first-order valence-electron chi connectivity index (χ1n) is 6.72. The van der Waals surface area contributed by atoms with E-state index in [1.165, 1.54) is 12.8 Å². The van der Waals surface area contributed by atoms with Crippen molar-refractivity contribution in [2.75, 3.05) is 13.1 Å². The molecule has 1 atom stereocenters. The lowest BCUT2D eigenvalue weighted by molar-refractivity contribution is 0.125. The molecule has 0 radical (unpaired) electrons. The van der Waals surface area contributed by atoms with E-state index in [0.717, 1.165) is 19.5 Å². The van der Waals surface area contributed by atoms with Gasteiger partial charge in [0.2, 0.25) is 11.7 Å². The molecule has 100 valence electrons. The Morgan fingerprint density at radius 1 is 1.37 bits per heavy atom. The number of nitrogens with zero attached hydrogens (tertiary/aromatic N) is 5. The first-order chi connectivity index (χ1) is 9.38. The van der Waals surface area contributed by atoms with Gasteiger partial charge in [-0.1, -0.05) is 18.5 Å². The quantitative estimate of drug-likeness (QED) is 0.840. The number of rotatable bonds is 3. The minimum Gasteiger partial charge on any atom is -0.337 e. The van der Waals surface area contributed by atoms with Crippen LogP contribution in [0.4, 0.5) is 0 Å². The third kappa shape index (κ3) is 2.49. The average molecular weight is 259 g/mol. The number of piperidine rings is 1. The molecule has 1 saturated heterocycles. The van der Waals surface area contributed by atoms with Crippen molar-refractivity contribution in [3.8, 4) is 11.5 Å². The maximum absolute atomic E-state index is 5.42. The second-order valence-corrected chi connectivity index (χ2v) is 4.69. The van der Waals surface area contributed by atoms with Gasteiger partial charge in [0.15, 0.2) is 0 Å². The SMILES string of the molecule is CCN1CCCCC1c1nc(-c2cnccn2)no1. The second-order valence-electron chi connectivity index (χ2n) is 4.69. The van der Waals surface area contributed by atoms with Gasteiger partial charge in [-0.3, -0.25) is 9.88 Å². The van der Waals surface area contributed by atoms with Crippen LogP contribution >= 0.6 is 0 Å². The Kier molecular flexibility index (Phi) is 3.50. The summed E-state index contributed by atoms with van der Waals surface area (Å²) in [5.74, 6) is 1.21. The predicted octanol–water partition coefficient (Wildman–Crippen LogP) is 2.07. The van der Waals surface area contributed by atoms with Crippen molar-refractivity contribution < 1.29 is 4.52 Å². The number of hydrogen-bond donors (Lipinski definition) is 0. The highest BCUT2D eigenvalue weighted by molar-refractivity contribution is 5.45. The van der Waals surface area contributed by atoms with Crippen LogP contribution in [0.5, 0.6) is 0 Å². The van der Waals surface area contributed by atoms with E-state index in [4.69, 9.17) is 4.52 Å². The van der Waals surface area contributed by atoms with Crippen LogP contribution in [0, 0.1) is 0 Å². The molecule has 2 aromatic rings. The molecule has 3 heterocycles. The maximum atomic E-state index is 5.42. The molecule has 0 aromatic carbocycles. The van der Waals surface area contributed by atoms with E-state index < -0.39 is 0 Å². The summed E-state index contributed by atoms with van der Waals surface area (Å²) in [6.45, 7) is 4.27. The number of aromatic nitrogens is 4. The van der Waals surface area contributed by atoms with Crippen molar-refractivity contribution in [3.63, 3.8) is 0 Å². The third-order valence-electron chi connectivity index (χ3n) is 3.54. The standard InChI is InChI=1S/C13H17N5O/c1-2-18-8-4-3-5-11(18)13-16-12(17-19-13)10-9-14-6-7-15-10/h6-7,9,11H,2-5,8H2,1H3. The fourth-order valence-electron chi connectivity index (χ4n) is 2.54. The van der Waals surface area contributed by atoms with Crippen LogP contribution in [0.25, 0.3) is 11.5 Å². The smallest absolute Gasteiger partial charge is 0.244 e. The molecule has 1 aliphatic rings. The minimum atomic E-state index is 0.247. The molecule has 3 rings (SSSR count). The normalized spacial score (nSPS) is 20.6. The van der Waals surface area contributed by atoms with E-state index in [1.54, 1.807) is 18.6 Å². The molecule has 1 aliphatic heterocycles. The van der Waals surface area contributed by atoms with Gasteiger partial charge in [0.1, 0.15) is 5.69 Å². The van der Waals surface area contributed by atoms with Crippen LogP contribution < -0.4 is 0 Å². The lowest BCUT2D eigenvalue weighted by atomic mass is 10.0. The minimum absolute atomic E-state index is 0.247. The Bertz CT molecular complexity index is 527. The molecule has 2 aromatic heterocycles. The van der Waals surface area contributed by atoms with Crippen LogP contribution in [-0.2, 0) is 0 Å². The molecule has 0 N–H and O–H groups in total. The molecule has 6 heteroatoms. The van der Waals surface area contributed by atoms with Crippen LogP contribution in [0.2, 0.25) is 0 Å². The van der Waals surface area contributed by atoms with Crippen molar-refractivity contribution in [2.45, 2.75) is 32.2 Å². The zero-order valence-electron chi connectivity index (χ0n) is 11.0. The summed E-state index contributed by atoms with van der Waals surface area (Å²) in [7, 11) is 0. The first-order valence-corrected chi connectivity index (χ1v) is 6.72. The average Bonchev–Trinajstić information content (AvgIpc) is 2.98. The van der Waals surface area contributed by atoms with Gasteiger partial charge in [0.25, 0.3) is 0 Å². The Labute approximate surface area is 111 Å². The fraction of sp³-hybridized carbons (Fsp3) is 0.538. The summed E-state index contributed by atoms with van der Waals surface area (Å²) in [5.41, 5.74) is 0.649. The molecule has 6 nitrogen and oxygen atoms in total. The number of likely N-dealkylation sites (tertiary alicyclic amines) is 1. The Balaban J connectivity index is 1.84. The van der Waals surface area contributed by atoms with E-state index in [-0.39, 0.29) is 6.04 Å². The molecular weight excluding hydrogens is 242 g/mol. The largest absolute Gasteiger partial charge is 0.337 e. The predicted molar refractivity (Wildman–Crippen MR) is 69.2 cm³/mol. The topological polar surface area (TPSA) is 67.9 Å². The summed E-state index contributed by atoms with van der Waals surface area (Å²) in [4.78, 5) is 15.1. The Morgan fingerprint density at radius 3 is 3.11 bits per heavy atom. The van der Waals surface area contributed by atoms with E-state index >= 15 is 0 Å². The van der Waals surface area contributed by atoms with Crippen molar-refractivity contribution in [1.29, 1.82) is 0 Å². The molecule has 0 saturated carbocycles. The molecule has 19 heavy (non-hydrogen) atoms.